The molecule has 1 heterocycles. The molecule has 3 N–H and O–H groups in total. The molecule has 0 aromatic heterocycles. The molecule has 0 aromatic carbocycles. The summed E-state index contributed by atoms with van der Waals surface area (Å²) >= 11 is 0. The predicted octanol–water partition coefficient (Wildman–Crippen LogP) is 1.31. The van der Waals surface area contributed by atoms with E-state index >= 15 is 0 Å². The van der Waals surface area contributed by atoms with Gasteiger partial charge in [0.2, 0.25) is 6.29 Å². The van der Waals surface area contributed by atoms with E-state index < -0.39 is 5.91 Å². The van der Waals surface area contributed by atoms with Crippen LogP contribution in [0.4, 0.5) is 0 Å². The third kappa shape index (κ3) is 3.94. The second-order valence-electron chi connectivity index (χ2n) is 5.33. The van der Waals surface area contributed by atoms with Crippen molar-refractivity contribution in [2.45, 2.75) is 44.8 Å². The number of aliphatic hydroxyl groups is 1. The normalized spacial score (nSPS) is 27.3. The standard InChI is InChI=1S/C14H23NO4/c15-14(17)12-8-11(10-4-3-5-10)9-13(19-12)18-7-2-1-6-16/h8,10-11,13,16H,1-7,9H2,(H2,15,17)/t11-,13+/m0/s1. The lowest BCUT2D eigenvalue weighted by Gasteiger charge is -2.37. The lowest BCUT2D eigenvalue weighted by atomic mass is 9.73. The highest BCUT2D eigenvalue weighted by atomic mass is 16.7. The molecule has 0 spiro atoms. The minimum atomic E-state index is -0.520. The van der Waals surface area contributed by atoms with Crippen molar-refractivity contribution in [2.24, 2.45) is 17.6 Å². The van der Waals surface area contributed by atoms with E-state index in [4.69, 9.17) is 20.3 Å². The van der Waals surface area contributed by atoms with E-state index in [1.54, 1.807) is 0 Å². The third-order valence-electron chi connectivity index (χ3n) is 3.94. The zero-order valence-electron chi connectivity index (χ0n) is 11.2. The number of carbonyl (C=O) groups is 1. The van der Waals surface area contributed by atoms with Gasteiger partial charge < -0.3 is 20.3 Å². The average Bonchev–Trinajstić information content (AvgIpc) is 2.32. The Labute approximate surface area is 113 Å². The number of carbonyl (C=O) groups excluding carboxylic acids is 1. The molecule has 2 atom stereocenters. The van der Waals surface area contributed by atoms with Gasteiger partial charge >= 0.3 is 0 Å². The van der Waals surface area contributed by atoms with Crippen LogP contribution >= 0.6 is 0 Å². The van der Waals surface area contributed by atoms with Crippen molar-refractivity contribution in [1.82, 2.24) is 0 Å². The Balaban J connectivity index is 1.87. The number of allylic oxidation sites excluding steroid dienone is 1. The van der Waals surface area contributed by atoms with Crippen LogP contribution in [0.25, 0.3) is 0 Å². The smallest absolute Gasteiger partial charge is 0.283 e. The second-order valence-corrected chi connectivity index (χ2v) is 5.33. The van der Waals surface area contributed by atoms with E-state index in [2.05, 4.69) is 0 Å². The van der Waals surface area contributed by atoms with Gasteiger partial charge in [-0.15, -0.1) is 0 Å². The van der Waals surface area contributed by atoms with E-state index in [1.807, 2.05) is 6.08 Å². The minimum Gasteiger partial charge on any atom is -0.459 e. The zero-order valence-corrected chi connectivity index (χ0v) is 11.2. The van der Waals surface area contributed by atoms with Gasteiger partial charge in [0.15, 0.2) is 5.76 Å². The van der Waals surface area contributed by atoms with Crippen LogP contribution in [0.3, 0.4) is 0 Å². The predicted molar refractivity (Wildman–Crippen MR) is 69.9 cm³/mol. The number of amides is 1. The van der Waals surface area contributed by atoms with Gasteiger partial charge in [-0.1, -0.05) is 6.42 Å². The van der Waals surface area contributed by atoms with E-state index in [0.717, 1.165) is 19.3 Å². The van der Waals surface area contributed by atoms with Gasteiger partial charge in [0.05, 0.1) is 6.61 Å². The lowest BCUT2D eigenvalue weighted by Crippen LogP contribution is -2.34. The molecular weight excluding hydrogens is 246 g/mol. The first-order valence-corrected chi connectivity index (χ1v) is 7.11. The molecule has 0 unspecified atom stereocenters. The molecule has 0 radical (unpaired) electrons. The third-order valence-corrected chi connectivity index (χ3v) is 3.94. The fourth-order valence-corrected chi connectivity index (χ4v) is 2.58. The van der Waals surface area contributed by atoms with Crippen molar-refractivity contribution in [3.05, 3.63) is 11.8 Å². The van der Waals surface area contributed by atoms with Crippen LogP contribution in [0.15, 0.2) is 11.8 Å². The molecular formula is C14H23NO4. The fourth-order valence-electron chi connectivity index (χ4n) is 2.58. The average molecular weight is 269 g/mol. The van der Waals surface area contributed by atoms with Gasteiger partial charge in [0.1, 0.15) is 0 Å². The van der Waals surface area contributed by atoms with Crippen LogP contribution in [0, 0.1) is 11.8 Å². The SMILES string of the molecule is NC(=O)C1=C[C@H](C2CCC2)C[C@H](OCCCCO)O1. The maximum absolute atomic E-state index is 11.3. The summed E-state index contributed by atoms with van der Waals surface area (Å²) in [5.74, 6) is 0.706. The number of primary amides is 1. The molecule has 1 fully saturated rings. The molecule has 1 amide bonds. The fraction of sp³-hybridized carbons (Fsp3) is 0.786. The summed E-state index contributed by atoms with van der Waals surface area (Å²) in [6, 6.07) is 0. The van der Waals surface area contributed by atoms with Crippen molar-refractivity contribution >= 4 is 5.91 Å². The van der Waals surface area contributed by atoms with E-state index in [1.165, 1.54) is 19.3 Å². The molecule has 0 saturated heterocycles. The zero-order chi connectivity index (χ0) is 13.7. The van der Waals surface area contributed by atoms with Crippen LogP contribution in [-0.2, 0) is 14.3 Å². The molecule has 5 nitrogen and oxygen atoms in total. The Hall–Kier alpha value is -1.07. The topological polar surface area (TPSA) is 81.8 Å². The van der Waals surface area contributed by atoms with Gasteiger partial charge in [0, 0.05) is 13.0 Å². The van der Waals surface area contributed by atoms with Gasteiger partial charge in [-0.05, 0) is 43.6 Å². The number of hydrogen-bond donors (Lipinski definition) is 2. The second kappa shape index (κ2) is 6.91. The van der Waals surface area contributed by atoms with Crippen LogP contribution in [0.5, 0.6) is 0 Å². The van der Waals surface area contributed by atoms with Crippen molar-refractivity contribution in [2.75, 3.05) is 13.2 Å². The maximum Gasteiger partial charge on any atom is 0.283 e. The summed E-state index contributed by atoms with van der Waals surface area (Å²) in [4.78, 5) is 11.3. The summed E-state index contributed by atoms with van der Waals surface area (Å²) < 4.78 is 11.1. The Morgan fingerprint density at radius 2 is 2.26 bits per heavy atom. The minimum absolute atomic E-state index is 0.173. The van der Waals surface area contributed by atoms with Crippen LogP contribution in [0.1, 0.15) is 38.5 Å². The molecule has 19 heavy (non-hydrogen) atoms. The summed E-state index contributed by atoms with van der Waals surface area (Å²) in [7, 11) is 0. The summed E-state index contributed by atoms with van der Waals surface area (Å²) in [5.41, 5.74) is 5.31. The molecule has 0 aromatic rings. The van der Waals surface area contributed by atoms with Gasteiger partial charge in [-0.2, -0.15) is 0 Å². The number of ether oxygens (including phenoxy) is 2. The highest BCUT2D eigenvalue weighted by Gasteiger charge is 2.34. The summed E-state index contributed by atoms with van der Waals surface area (Å²) in [6.07, 6.45) is 7.49. The van der Waals surface area contributed by atoms with Crippen molar-refractivity contribution in [1.29, 1.82) is 0 Å². The number of aliphatic hydroxyl groups excluding tert-OH is 1. The first-order valence-electron chi connectivity index (χ1n) is 7.11. The van der Waals surface area contributed by atoms with Crippen LogP contribution in [-0.4, -0.2) is 30.5 Å². The Morgan fingerprint density at radius 3 is 2.84 bits per heavy atom. The first kappa shape index (κ1) is 14.3. The Bertz CT molecular complexity index is 338. The summed E-state index contributed by atoms with van der Waals surface area (Å²) in [5, 5.41) is 8.72. The highest BCUT2D eigenvalue weighted by Crippen LogP contribution is 2.39. The largest absolute Gasteiger partial charge is 0.459 e. The maximum atomic E-state index is 11.3. The molecule has 5 heteroatoms. The first-order chi connectivity index (χ1) is 9.20. The van der Waals surface area contributed by atoms with Crippen LogP contribution in [0.2, 0.25) is 0 Å². The molecule has 1 aliphatic heterocycles. The van der Waals surface area contributed by atoms with Gasteiger partial charge in [-0.3, -0.25) is 4.79 Å². The highest BCUT2D eigenvalue weighted by molar-refractivity contribution is 5.90. The van der Waals surface area contributed by atoms with E-state index in [-0.39, 0.29) is 18.7 Å². The van der Waals surface area contributed by atoms with Gasteiger partial charge in [-0.25, -0.2) is 0 Å². The molecule has 1 saturated carbocycles. The van der Waals surface area contributed by atoms with E-state index in [9.17, 15) is 4.79 Å². The quantitative estimate of drug-likeness (QED) is 0.683. The monoisotopic (exact) mass is 269 g/mol. The Kier molecular flexibility index (Phi) is 5.22. The molecule has 0 bridgehead atoms. The molecule has 2 rings (SSSR count). The number of rotatable bonds is 7. The van der Waals surface area contributed by atoms with Crippen LogP contribution < -0.4 is 5.73 Å². The van der Waals surface area contributed by atoms with Gasteiger partial charge in [0.25, 0.3) is 5.91 Å². The van der Waals surface area contributed by atoms with Crippen molar-refractivity contribution in [3.8, 4) is 0 Å². The molecule has 1 aliphatic carbocycles. The molecule has 108 valence electrons. The summed E-state index contributed by atoms with van der Waals surface area (Å²) in [6.45, 7) is 0.709. The number of unbranched alkanes of at least 4 members (excludes halogenated alkanes) is 1. The number of nitrogens with two attached hydrogens (primary N) is 1. The lowest BCUT2D eigenvalue weighted by molar-refractivity contribution is -0.151. The van der Waals surface area contributed by atoms with E-state index in [0.29, 0.717) is 18.4 Å². The van der Waals surface area contributed by atoms with Crippen molar-refractivity contribution < 1.29 is 19.4 Å². The van der Waals surface area contributed by atoms with Crippen molar-refractivity contribution in [3.63, 3.8) is 0 Å². The molecule has 2 aliphatic rings. The number of hydrogen-bond acceptors (Lipinski definition) is 4. The Morgan fingerprint density at radius 1 is 1.47 bits per heavy atom.